The van der Waals surface area contributed by atoms with E-state index < -0.39 is 16.1 Å². The van der Waals surface area contributed by atoms with Gasteiger partial charge in [0.1, 0.15) is 11.5 Å². The molecule has 2 atom stereocenters. The monoisotopic (exact) mass is 390 g/mol. The van der Waals surface area contributed by atoms with Crippen molar-refractivity contribution in [2.45, 2.75) is 30.7 Å². The first kappa shape index (κ1) is 19.2. The minimum atomic E-state index is -3.80. The molecule has 0 saturated heterocycles. The van der Waals surface area contributed by atoms with Gasteiger partial charge in [-0.3, -0.25) is 4.79 Å². The lowest BCUT2D eigenvalue weighted by Crippen LogP contribution is -2.27. The summed E-state index contributed by atoms with van der Waals surface area (Å²) in [6.45, 7) is 3.48. The second kappa shape index (κ2) is 7.21. The predicted molar refractivity (Wildman–Crippen MR) is 102 cm³/mol. The lowest BCUT2D eigenvalue weighted by atomic mass is 10.0. The van der Waals surface area contributed by atoms with E-state index in [4.69, 9.17) is 9.47 Å². The van der Waals surface area contributed by atoms with E-state index in [0.717, 1.165) is 0 Å². The lowest BCUT2D eigenvalue weighted by molar-refractivity contribution is -0.116. The first-order chi connectivity index (χ1) is 12.8. The second-order valence-electron chi connectivity index (χ2n) is 6.41. The van der Waals surface area contributed by atoms with Gasteiger partial charge in [0.25, 0.3) is 0 Å². The Morgan fingerprint density at radius 2 is 1.85 bits per heavy atom. The number of sulfonamides is 1. The zero-order valence-corrected chi connectivity index (χ0v) is 16.4. The molecule has 0 saturated carbocycles. The van der Waals surface area contributed by atoms with Gasteiger partial charge < -0.3 is 14.8 Å². The second-order valence-corrected chi connectivity index (χ2v) is 8.12. The minimum absolute atomic E-state index is 0.110. The van der Waals surface area contributed by atoms with Crippen molar-refractivity contribution in [1.29, 1.82) is 0 Å². The molecule has 8 heteroatoms. The van der Waals surface area contributed by atoms with Gasteiger partial charge in [0.15, 0.2) is 0 Å². The highest BCUT2D eigenvalue weighted by atomic mass is 32.2. The molecule has 0 unspecified atom stereocenters. The molecule has 7 nitrogen and oxygen atoms in total. The molecule has 0 spiro atoms. The molecule has 1 aliphatic heterocycles. The SMILES string of the molecule is COc1ccc(OC)c([C@@H](C)NS(=O)(=O)c2ccc3c(c2)[C@H](C)C(=O)N3)c1. The number of amides is 1. The summed E-state index contributed by atoms with van der Waals surface area (Å²) in [5, 5.41) is 2.74. The Hall–Kier alpha value is -2.58. The first-order valence-corrected chi connectivity index (χ1v) is 9.94. The Morgan fingerprint density at radius 3 is 2.52 bits per heavy atom. The lowest BCUT2D eigenvalue weighted by Gasteiger charge is -2.18. The molecule has 0 fully saturated rings. The van der Waals surface area contributed by atoms with Crippen molar-refractivity contribution in [3.05, 3.63) is 47.5 Å². The van der Waals surface area contributed by atoms with E-state index in [1.165, 1.54) is 19.2 Å². The van der Waals surface area contributed by atoms with Gasteiger partial charge in [0.2, 0.25) is 15.9 Å². The van der Waals surface area contributed by atoms with Crippen LogP contribution < -0.4 is 19.5 Å². The molecule has 0 bridgehead atoms. The van der Waals surface area contributed by atoms with Crippen LogP contribution in [0.5, 0.6) is 11.5 Å². The molecule has 0 radical (unpaired) electrons. The Bertz CT molecular complexity index is 988. The molecule has 144 valence electrons. The first-order valence-electron chi connectivity index (χ1n) is 8.46. The standard InChI is InChI=1S/C19H22N2O5S/c1-11-15-10-14(6-7-17(15)20-19(11)22)27(23,24)21-12(2)16-9-13(25-3)5-8-18(16)26-4/h5-12,21H,1-4H3,(H,20,22)/t11-,12+/m0/s1. The van der Waals surface area contributed by atoms with Crippen LogP contribution in [0, 0.1) is 0 Å². The summed E-state index contributed by atoms with van der Waals surface area (Å²) >= 11 is 0. The highest BCUT2D eigenvalue weighted by molar-refractivity contribution is 7.89. The van der Waals surface area contributed by atoms with E-state index in [9.17, 15) is 13.2 Å². The zero-order chi connectivity index (χ0) is 19.8. The number of nitrogens with one attached hydrogen (secondary N) is 2. The van der Waals surface area contributed by atoms with Gasteiger partial charge in [0.05, 0.1) is 25.0 Å². The number of rotatable bonds is 6. The van der Waals surface area contributed by atoms with Gasteiger partial charge in [-0.15, -0.1) is 0 Å². The van der Waals surface area contributed by atoms with Gasteiger partial charge in [-0.25, -0.2) is 13.1 Å². The van der Waals surface area contributed by atoms with Gasteiger partial charge in [0, 0.05) is 17.3 Å². The Kier molecular flexibility index (Phi) is 5.12. The summed E-state index contributed by atoms with van der Waals surface area (Å²) in [4.78, 5) is 11.9. The molecule has 2 aromatic rings. The summed E-state index contributed by atoms with van der Waals surface area (Å²) < 4.78 is 39.0. The fourth-order valence-electron chi connectivity index (χ4n) is 3.10. The fraction of sp³-hybridized carbons (Fsp3) is 0.316. The number of carbonyl (C=O) groups is 1. The molecule has 1 aliphatic rings. The fourth-order valence-corrected chi connectivity index (χ4v) is 4.36. The maximum Gasteiger partial charge on any atom is 0.241 e. The van der Waals surface area contributed by atoms with Gasteiger partial charge in [-0.05, 0) is 55.8 Å². The summed E-state index contributed by atoms with van der Waals surface area (Å²) in [5.41, 5.74) is 1.98. The molecule has 2 N–H and O–H groups in total. The smallest absolute Gasteiger partial charge is 0.241 e. The van der Waals surface area contributed by atoms with Crippen molar-refractivity contribution < 1.29 is 22.7 Å². The van der Waals surface area contributed by atoms with Gasteiger partial charge in [-0.2, -0.15) is 0 Å². The van der Waals surface area contributed by atoms with E-state index in [1.54, 1.807) is 45.2 Å². The number of hydrogen-bond acceptors (Lipinski definition) is 5. The topological polar surface area (TPSA) is 93.7 Å². The van der Waals surface area contributed by atoms with E-state index in [2.05, 4.69) is 10.0 Å². The maximum absolute atomic E-state index is 12.9. The minimum Gasteiger partial charge on any atom is -0.497 e. The number of benzene rings is 2. The molecule has 2 aromatic carbocycles. The van der Waals surface area contributed by atoms with Crippen LogP contribution in [0.25, 0.3) is 0 Å². The summed E-state index contributed by atoms with van der Waals surface area (Å²) in [6, 6.07) is 9.29. The predicted octanol–water partition coefficient (Wildman–Crippen LogP) is 2.80. The van der Waals surface area contributed by atoms with Gasteiger partial charge in [-0.1, -0.05) is 0 Å². The molecule has 27 heavy (non-hydrogen) atoms. The highest BCUT2D eigenvalue weighted by Crippen LogP contribution is 2.34. The molecular weight excluding hydrogens is 368 g/mol. The summed E-state index contributed by atoms with van der Waals surface area (Å²) in [7, 11) is -0.731. The van der Waals surface area contributed by atoms with Crippen molar-refractivity contribution in [1.82, 2.24) is 4.72 Å². The van der Waals surface area contributed by atoms with Crippen molar-refractivity contribution in [3.8, 4) is 11.5 Å². The summed E-state index contributed by atoms with van der Waals surface area (Å²) in [5.74, 6) is 0.643. The number of fused-ring (bicyclic) bond motifs is 1. The highest BCUT2D eigenvalue weighted by Gasteiger charge is 2.29. The van der Waals surface area contributed by atoms with Crippen molar-refractivity contribution >= 4 is 21.6 Å². The third-order valence-corrected chi connectivity index (χ3v) is 6.22. The van der Waals surface area contributed by atoms with Gasteiger partial charge >= 0.3 is 0 Å². The Balaban J connectivity index is 1.90. The van der Waals surface area contributed by atoms with Crippen LogP contribution in [0.4, 0.5) is 5.69 Å². The number of carbonyl (C=O) groups excluding carboxylic acids is 1. The van der Waals surface area contributed by atoms with E-state index in [1.807, 2.05) is 0 Å². The van der Waals surface area contributed by atoms with Crippen LogP contribution in [0.15, 0.2) is 41.3 Å². The third kappa shape index (κ3) is 3.63. The molecule has 3 rings (SSSR count). The molecular formula is C19H22N2O5S. The number of ether oxygens (including phenoxy) is 2. The van der Waals surface area contributed by atoms with Crippen LogP contribution in [0.3, 0.4) is 0 Å². The van der Waals surface area contributed by atoms with Crippen LogP contribution in [0.2, 0.25) is 0 Å². The quantitative estimate of drug-likeness (QED) is 0.791. The average molecular weight is 390 g/mol. The Labute approximate surface area is 158 Å². The molecule has 1 amide bonds. The van der Waals surface area contributed by atoms with Crippen LogP contribution in [-0.4, -0.2) is 28.5 Å². The summed E-state index contributed by atoms with van der Waals surface area (Å²) in [6.07, 6.45) is 0. The van der Waals surface area contributed by atoms with E-state index in [0.29, 0.717) is 28.3 Å². The van der Waals surface area contributed by atoms with Crippen LogP contribution >= 0.6 is 0 Å². The van der Waals surface area contributed by atoms with Crippen molar-refractivity contribution in [2.75, 3.05) is 19.5 Å². The molecule has 0 aromatic heterocycles. The van der Waals surface area contributed by atoms with E-state index >= 15 is 0 Å². The normalized spacial score (nSPS) is 17.2. The van der Waals surface area contributed by atoms with Crippen molar-refractivity contribution in [2.24, 2.45) is 0 Å². The largest absolute Gasteiger partial charge is 0.497 e. The number of anilines is 1. The number of hydrogen-bond donors (Lipinski definition) is 2. The average Bonchev–Trinajstić information content (AvgIpc) is 2.94. The molecule has 1 heterocycles. The van der Waals surface area contributed by atoms with Crippen LogP contribution in [0.1, 0.15) is 36.9 Å². The van der Waals surface area contributed by atoms with Crippen molar-refractivity contribution in [3.63, 3.8) is 0 Å². The zero-order valence-electron chi connectivity index (χ0n) is 15.6. The Morgan fingerprint density at radius 1 is 1.11 bits per heavy atom. The van der Waals surface area contributed by atoms with E-state index in [-0.39, 0.29) is 16.7 Å². The molecule has 0 aliphatic carbocycles. The third-order valence-electron chi connectivity index (χ3n) is 4.69. The maximum atomic E-state index is 12.9. The van der Waals surface area contributed by atoms with Crippen LogP contribution in [-0.2, 0) is 14.8 Å². The number of methoxy groups -OCH3 is 2.